The van der Waals surface area contributed by atoms with E-state index < -0.39 is 0 Å². The Morgan fingerprint density at radius 1 is 1.17 bits per heavy atom. The minimum Gasteiger partial charge on any atom is -0.468 e. The van der Waals surface area contributed by atoms with Crippen LogP contribution in [0.1, 0.15) is 17.2 Å². The predicted molar refractivity (Wildman–Crippen MR) is 118 cm³/mol. The molecular weight excluding hydrogens is 450 g/mol. The van der Waals surface area contributed by atoms with Crippen LogP contribution in [0.3, 0.4) is 0 Å². The van der Waals surface area contributed by atoms with Crippen LogP contribution >= 0.6 is 15.9 Å². The number of ether oxygens (including phenoxy) is 2. The van der Waals surface area contributed by atoms with Gasteiger partial charge in [-0.3, -0.25) is 19.8 Å². The molecule has 1 aliphatic rings. The van der Waals surface area contributed by atoms with E-state index in [4.69, 9.17) is 9.47 Å². The smallest absolute Gasteiger partial charge is 0.319 e. The Balaban J connectivity index is 1.84. The molecule has 30 heavy (non-hydrogen) atoms. The average Bonchev–Trinajstić information content (AvgIpc) is 2.77. The van der Waals surface area contributed by atoms with Crippen molar-refractivity contribution < 1.29 is 19.1 Å². The Bertz CT molecular complexity index is 857. The van der Waals surface area contributed by atoms with E-state index in [0.29, 0.717) is 25.4 Å². The lowest BCUT2D eigenvalue weighted by Gasteiger charge is -2.27. The Kier molecular flexibility index (Phi) is 8.39. The molecule has 8 heteroatoms. The molecule has 3 rings (SSSR count). The van der Waals surface area contributed by atoms with Gasteiger partial charge in [0.25, 0.3) is 0 Å². The zero-order chi connectivity index (χ0) is 21.3. The summed E-state index contributed by atoms with van der Waals surface area (Å²) >= 11 is 3.52. The highest BCUT2D eigenvalue weighted by Crippen LogP contribution is 2.31. The van der Waals surface area contributed by atoms with Crippen molar-refractivity contribution in [1.82, 2.24) is 10.2 Å². The maximum absolute atomic E-state index is 12.7. The SMILES string of the molecule is COC(=O)CN[C@@H](c1ccccc1)c1cc(Br)ccc1NC(=O)CN1CCOCC1. The van der Waals surface area contributed by atoms with Crippen LogP contribution in [0.4, 0.5) is 5.69 Å². The molecule has 0 unspecified atom stereocenters. The maximum atomic E-state index is 12.7. The first-order valence-electron chi connectivity index (χ1n) is 9.81. The molecule has 1 heterocycles. The second-order valence-electron chi connectivity index (χ2n) is 6.97. The predicted octanol–water partition coefficient (Wildman–Crippen LogP) is 2.57. The fourth-order valence-corrected chi connectivity index (χ4v) is 3.73. The number of anilines is 1. The van der Waals surface area contributed by atoms with E-state index in [1.54, 1.807) is 0 Å². The summed E-state index contributed by atoms with van der Waals surface area (Å²) in [4.78, 5) is 26.5. The number of carbonyl (C=O) groups excluding carboxylic acids is 2. The number of hydrogen-bond acceptors (Lipinski definition) is 6. The summed E-state index contributed by atoms with van der Waals surface area (Å²) in [5.41, 5.74) is 2.53. The highest BCUT2D eigenvalue weighted by atomic mass is 79.9. The van der Waals surface area contributed by atoms with Gasteiger partial charge in [0.2, 0.25) is 5.91 Å². The second kappa shape index (κ2) is 11.2. The van der Waals surface area contributed by atoms with Crippen LogP contribution in [0.15, 0.2) is 53.0 Å². The van der Waals surface area contributed by atoms with Crippen LogP contribution in [0.5, 0.6) is 0 Å². The summed E-state index contributed by atoms with van der Waals surface area (Å²) in [5, 5.41) is 6.29. The third kappa shape index (κ3) is 6.37. The molecule has 1 atom stereocenters. The number of benzene rings is 2. The zero-order valence-corrected chi connectivity index (χ0v) is 18.5. The molecule has 2 aromatic carbocycles. The van der Waals surface area contributed by atoms with Crippen molar-refractivity contribution >= 4 is 33.5 Å². The Labute approximate surface area is 184 Å². The van der Waals surface area contributed by atoms with Gasteiger partial charge in [-0.2, -0.15) is 0 Å². The van der Waals surface area contributed by atoms with Gasteiger partial charge in [-0.05, 0) is 29.3 Å². The van der Waals surface area contributed by atoms with Crippen molar-refractivity contribution in [2.45, 2.75) is 6.04 Å². The van der Waals surface area contributed by atoms with Crippen molar-refractivity contribution in [2.75, 3.05) is 51.8 Å². The number of rotatable bonds is 8. The summed E-state index contributed by atoms with van der Waals surface area (Å²) in [6.45, 7) is 3.13. The number of hydrogen-bond donors (Lipinski definition) is 2. The van der Waals surface area contributed by atoms with E-state index in [9.17, 15) is 9.59 Å². The number of nitrogens with one attached hydrogen (secondary N) is 2. The lowest BCUT2D eigenvalue weighted by molar-refractivity contribution is -0.139. The largest absolute Gasteiger partial charge is 0.468 e. The molecule has 0 radical (unpaired) electrons. The minimum absolute atomic E-state index is 0.0454. The lowest BCUT2D eigenvalue weighted by Crippen LogP contribution is -2.41. The van der Waals surface area contributed by atoms with Gasteiger partial charge < -0.3 is 14.8 Å². The van der Waals surface area contributed by atoms with Crippen LogP contribution in [-0.4, -0.2) is 63.3 Å². The lowest BCUT2D eigenvalue weighted by atomic mass is 9.97. The molecule has 0 aliphatic carbocycles. The Morgan fingerprint density at radius 2 is 1.90 bits per heavy atom. The highest BCUT2D eigenvalue weighted by Gasteiger charge is 2.21. The molecule has 1 aliphatic heterocycles. The number of methoxy groups -OCH3 is 1. The highest BCUT2D eigenvalue weighted by molar-refractivity contribution is 9.10. The van der Waals surface area contributed by atoms with Crippen LogP contribution in [0.25, 0.3) is 0 Å². The van der Waals surface area contributed by atoms with Gasteiger partial charge in [0.1, 0.15) is 0 Å². The molecule has 2 N–H and O–H groups in total. The molecule has 0 bridgehead atoms. The molecule has 1 fully saturated rings. The monoisotopic (exact) mass is 475 g/mol. The van der Waals surface area contributed by atoms with Gasteiger partial charge >= 0.3 is 5.97 Å². The van der Waals surface area contributed by atoms with Gasteiger partial charge in [0.05, 0.1) is 39.5 Å². The third-order valence-corrected chi connectivity index (χ3v) is 5.37. The van der Waals surface area contributed by atoms with E-state index >= 15 is 0 Å². The number of carbonyl (C=O) groups is 2. The van der Waals surface area contributed by atoms with Gasteiger partial charge in [0, 0.05) is 23.2 Å². The summed E-state index contributed by atoms with van der Waals surface area (Å²) in [6.07, 6.45) is 0. The first kappa shape index (κ1) is 22.4. The molecule has 0 aromatic heterocycles. The third-order valence-electron chi connectivity index (χ3n) is 4.88. The van der Waals surface area contributed by atoms with Crippen LogP contribution < -0.4 is 10.6 Å². The summed E-state index contributed by atoms with van der Waals surface area (Å²) in [5.74, 6) is -0.441. The van der Waals surface area contributed by atoms with E-state index in [0.717, 1.165) is 28.7 Å². The molecule has 1 amide bonds. The molecule has 7 nitrogen and oxygen atoms in total. The molecule has 160 valence electrons. The van der Waals surface area contributed by atoms with Crippen molar-refractivity contribution in [2.24, 2.45) is 0 Å². The van der Waals surface area contributed by atoms with E-state index in [-0.39, 0.29) is 24.5 Å². The number of esters is 1. The summed E-state index contributed by atoms with van der Waals surface area (Å²) < 4.78 is 11.0. The Morgan fingerprint density at radius 3 is 2.60 bits per heavy atom. The van der Waals surface area contributed by atoms with Crippen LogP contribution in [0, 0.1) is 0 Å². The summed E-state index contributed by atoms with van der Waals surface area (Å²) in [6, 6.07) is 15.2. The average molecular weight is 476 g/mol. The quantitative estimate of drug-likeness (QED) is 0.571. The second-order valence-corrected chi connectivity index (χ2v) is 7.88. The number of morpholine rings is 1. The first-order valence-corrected chi connectivity index (χ1v) is 10.6. The van der Waals surface area contributed by atoms with Gasteiger partial charge in [0.15, 0.2) is 0 Å². The number of nitrogens with zero attached hydrogens (tertiary/aromatic N) is 1. The molecule has 1 saturated heterocycles. The number of amides is 1. The fourth-order valence-electron chi connectivity index (χ4n) is 3.35. The van der Waals surface area contributed by atoms with E-state index in [2.05, 4.69) is 31.5 Å². The number of halogens is 1. The topological polar surface area (TPSA) is 79.9 Å². The zero-order valence-electron chi connectivity index (χ0n) is 16.9. The fraction of sp³-hybridized carbons (Fsp3) is 0.364. The minimum atomic E-state index is -0.358. The first-order chi connectivity index (χ1) is 14.6. The van der Waals surface area contributed by atoms with E-state index in [1.807, 2.05) is 48.5 Å². The standard InChI is InChI=1S/C22H26BrN3O4/c1-29-21(28)14-24-22(16-5-3-2-4-6-16)18-13-17(23)7-8-19(18)25-20(27)15-26-9-11-30-12-10-26/h2-8,13,22,24H,9-12,14-15H2,1H3,(H,25,27)/t22-/m0/s1. The maximum Gasteiger partial charge on any atom is 0.319 e. The Hall–Kier alpha value is -2.26. The molecule has 2 aromatic rings. The van der Waals surface area contributed by atoms with Crippen LogP contribution in [0.2, 0.25) is 0 Å². The normalized spacial score (nSPS) is 15.4. The summed E-state index contributed by atoms with van der Waals surface area (Å²) in [7, 11) is 1.36. The van der Waals surface area contributed by atoms with Gasteiger partial charge in [-0.1, -0.05) is 46.3 Å². The van der Waals surface area contributed by atoms with Crippen molar-refractivity contribution in [3.8, 4) is 0 Å². The molecule has 0 saturated carbocycles. The van der Waals surface area contributed by atoms with Gasteiger partial charge in [-0.25, -0.2) is 0 Å². The van der Waals surface area contributed by atoms with Crippen molar-refractivity contribution in [3.05, 3.63) is 64.1 Å². The van der Waals surface area contributed by atoms with Gasteiger partial charge in [-0.15, -0.1) is 0 Å². The van der Waals surface area contributed by atoms with Crippen molar-refractivity contribution in [1.29, 1.82) is 0 Å². The van der Waals surface area contributed by atoms with Crippen molar-refractivity contribution in [3.63, 3.8) is 0 Å². The molecule has 0 spiro atoms. The molecular formula is C22H26BrN3O4. The van der Waals surface area contributed by atoms with E-state index in [1.165, 1.54) is 7.11 Å². The van der Waals surface area contributed by atoms with Crippen LogP contribution in [-0.2, 0) is 19.1 Å².